The highest BCUT2D eigenvalue weighted by atomic mass is 32.1. The first-order chi connectivity index (χ1) is 12.1. The van der Waals surface area contributed by atoms with Crippen LogP contribution in [0.1, 0.15) is 40.8 Å². The molecule has 2 heterocycles. The molecular weight excluding hydrogens is 345 g/mol. The minimum Gasteiger partial charge on any atom is -0.456 e. The van der Waals surface area contributed by atoms with E-state index in [0.717, 1.165) is 30.3 Å². The van der Waals surface area contributed by atoms with E-state index >= 15 is 0 Å². The number of esters is 1. The topological polar surface area (TPSA) is 73.6 Å². The number of rotatable bonds is 6. The Morgan fingerprint density at radius 3 is 2.96 bits per heavy atom. The average Bonchev–Trinajstić information content (AvgIpc) is 3.01. The number of unbranched alkanes of at least 4 members (excludes halogenated alkanes) is 1. The third-order valence-corrected chi connectivity index (χ3v) is 4.46. The Kier molecular flexibility index (Phi) is 5.18. The van der Waals surface area contributed by atoms with Crippen LogP contribution in [0.15, 0.2) is 35.1 Å². The fraction of sp³-hybridized carbons (Fsp3) is 0.294. The third kappa shape index (κ3) is 4.08. The number of nitrogens with zero attached hydrogens (tertiary/aromatic N) is 3. The number of halogens is 1. The van der Waals surface area contributed by atoms with E-state index in [0.29, 0.717) is 10.7 Å². The standard InChI is InChI=1S/C17H16FN3O3S/c1-2-3-7-14-20-21-15(22)9-13(19-17(21)25-14)10-24-16(23)11-5-4-6-12(18)8-11/h4-6,8-9H,2-3,7,10H2,1H3. The van der Waals surface area contributed by atoms with E-state index in [1.807, 2.05) is 0 Å². The summed E-state index contributed by atoms with van der Waals surface area (Å²) in [5.74, 6) is -1.19. The Balaban J connectivity index is 1.75. The summed E-state index contributed by atoms with van der Waals surface area (Å²) in [6, 6.07) is 6.51. The molecule has 0 saturated carbocycles. The summed E-state index contributed by atoms with van der Waals surface area (Å²) in [6.45, 7) is 1.92. The maximum atomic E-state index is 13.1. The number of carbonyl (C=O) groups is 1. The van der Waals surface area contributed by atoms with E-state index in [1.165, 1.54) is 40.1 Å². The smallest absolute Gasteiger partial charge is 0.338 e. The zero-order chi connectivity index (χ0) is 17.8. The highest BCUT2D eigenvalue weighted by molar-refractivity contribution is 7.16. The van der Waals surface area contributed by atoms with Gasteiger partial charge in [0.15, 0.2) is 0 Å². The van der Waals surface area contributed by atoms with Crippen molar-refractivity contribution < 1.29 is 13.9 Å². The number of aromatic nitrogens is 3. The summed E-state index contributed by atoms with van der Waals surface area (Å²) in [7, 11) is 0. The minimum absolute atomic E-state index is 0.109. The molecule has 0 aliphatic heterocycles. The fourth-order valence-electron chi connectivity index (χ4n) is 2.24. The second-order valence-electron chi connectivity index (χ2n) is 5.47. The molecule has 3 aromatic rings. The lowest BCUT2D eigenvalue weighted by atomic mass is 10.2. The second kappa shape index (κ2) is 7.52. The van der Waals surface area contributed by atoms with Crippen molar-refractivity contribution in [1.29, 1.82) is 0 Å². The number of carbonyl (C=O) groups excluding carboxylic acids is 1. The van der Waals surface area contributed by atoms with Crippen LogP contribution in [-0.4, -0.2) is 20.6 Å². The summed E-state index contributed by atoms with van der Waals surface area (Å²) >= 11 is 1.35. The minimum atomic E-state index is -0.672. The summed E-state index contributed by atoms with van der Waals surface area (Å²) in [4.78, 5) is 28.8. The Bertz CT molecular complexity index is 967. The Morgan fingerprint density at radius 1 is 1.36 bits per heavy atom. The van der Waals surface area contributed by atoms with Gasteiger partial charge in [-0.05, 0) is 24.6 Å². The molecule has 0 fully saturated rings. The molecule has 0 radical (unpaired) electrons. The average molecular weight is 361 g/mol. The van der Waals surface area contributed by atoms with Crippen molar-refractivity contribution in [3.63, 3.8) is 0 Å². The molecule has 0 bridgehead atoms. The molecule has 0 unspecified atom stereocenters. The van der Waals surface area contributed by atoms with Gasteiger partial charge in [-0.2, -0.15) is 9.61 Å². The van der Waals surface area contributed by atoms with Gasteiger partial charge in [0.2, 0.25) is 4.96 Å². The van der Waals surface area contributed by atoms with Crippen molar-refractivity contribution >= 4 is 22.3 Å². The number of aryl methyl sites for hydroxylation is 1. The highest BCUT2D eigenvalue weighted by Crippen LogP contribution is 2.14. The van der Waals surface area contributed by atoms with Crippen LogP contribution in [0.3, 0.4) is 0 Å². The molecule has 0 N–H and O–H groups in total. The fourth-order valence-corrected chi connectivity index (χ4v) is 3.20. The van der Waals surface area contributed by atoms with Crippen LogP contribution in [0.5, 0.6) is 0 Å². The van der Waals surface area contributed by atoms with Crippen LogP contribution in [0, 0.1) is 5.82 Å². The van der Waals surface area contributed by atoms with E-state index in [-0.39, 0.29) is 17.7 Å². The predicted octanol–water partition coefficient (Wildman–Crippen LogP) is 2.99. The second-order valence-corrected chi connectivity index (χ2v) is 6.51. The number of hydrogen-bond donors (Lipinski definition) is 0. The van der Waals surface area contributed by atoms with E-state index in [4.69, 9.17) is 4.74 Å². The quantitative estimate of drug-likeness (QED) is 0.631. The number of ether oxygens (including phenoxy) is 1. The first kappa shape index (κ1) is 17.2. The van der Waals surface area contributed by atoms with Gasteiger partial charge in [0.1, 0.15) is 17.4 Å². The molecule has 0 amide bonds. The third-order valence-electron chi connectivity index (χ3n) is 3.50. The zero-order valence-electron chi connectivity index (χ0n) is 13.6. The van der Waals surface area contributed by atoms with Gasteiger partial charge in [0.25, 0.3) is 5.56 Å². The summed E-state index contributed by atoms with van der Waals surface area (Å²) in [6.07, 6.45) is 2.83. The van der Waals surface area contributed by atoms with Gasteiger partial charge in [-0.3, -0.25) is 4.79 Å². The summed E-state index contributed by atoms with van der Waals surface area (Å²) < 4.78 is 19.5. The molecule has 1 aromatic carbocycles. The van der Waals surface area contributed by atoms with Crippen molar-refractivity contribution in [1.82, 2.24) is 14.6 Å². The molecule has 3 rings (SSSR count). The number of benzene rings is 1. The van der Waals surface area contributed by atoms with Gasteiger partial charge in [-0.25, -0.2) is 14.2 Å². The molecule has 2 aromatic heterocycles. The van der Waals surface area contributed by atoms with Gasteiger partial charge in [0, 0.05) is 12.5 Å². The highest BCUT2D eigenvalue weighted by Gasteiger charge is 2.12. The van der Waals surface area contributed by atoms with Gasteiger partial charge < -0.3 is 4.74 Å². The van der Waals surface area contributed by atoms with Gasteiger partial charge in [-0.1, -0.05) is 30.7 Å². The molecule has 6 nitrogen and oxygen atoms in total. The Labute approximate surface area is 146 Å². The van der Waals surface area contributed by atoms with E-state index in [1.54, 1.807) is 0 Å². The number of fused-ring (bicyclic) bond motifs is 1. The normalized spacial score (nSPS) is 11.0. The molecule has 0 spiro atoms. The van der Waals surface area contributed by atoms with Gasteiger partial charge >= 0.3 is 5.97 Å². The van der Waals surface area contributed by atoms with Gasteiger partial charge in [0.05, 0.1) is 11.3 Å². The molecule has 0 saturated heterocycles. The Morgan fingerprint density at radius 2 is 2.20 bits per heavy atom. The van der Waals surface area contributed by atoms with Gasteiger partial charge in [-0.15, -0.1) is 0 Å². The van der Waals surface area contributed by atoms with Crippen LogP contribution in [0.4, 0.5) is 4.39 Å². The predicted molar refractivity (Wildman–Crippen MR) is 91.3 cm³/mol. The van der Waals surface area contributed by atoms with Crippen LogP contribution < -0.4 is 5.56 Å². The van der Waals surface area contributed by atoms with Crippen molar-refractivity contribution in [3.05, 3.63) is 62.8 Å². The molecular formula is C17H16FN3O3S. The van der Waals surface area contributed by atoms with Crippen LogP contribution in [-0.2, 0) is 17.8 Å². The van der Waals surface area contributed by atoms with Crippen molar-refractivity contribution in [2.75, 3.05) is 0 Å². The molecule has 0 aliphatic carbocycles. The first-order valence-corrected chi connectivity index (χ1v) is 8.70. The first-order valence-electron chi connectivity index (χ1n) is 7.88. The molecule has 0 aliphatic rings. The lowest BCUT2D eigenvalue weighted by molar-refractivity contribution is 0.0467. The van der Waals surface area contributed by atoms with E-state index in [9.17, 15) is 14.0 Å². The molecule has 0 atom stereocenters. The van der Waals surface area contributed by atoms with Crippen LogP contribution >= 0.6 is 11.3 Å². The van der Waals surface area contributed by atoms with E-state index in [2.05, 4.69) is 17.0 Å². The van der Waals surface area contributed by atoms with Crippen LogP contribution in [0.25, 0.3) is 4.96 Å². The maximum absolute atomic E-state index is 13.1. The van der Waals surface area contributed by atoms with E-state index < -0.39 is 11.8 Å². The SMILES string of the molecule is CCCCc1nn2c(=O)cc(COC(=O)c3cccc(F)c3)nc2s1. The monoisotopic (exact) mass is 361 g/mol. The molecule has 25 heavy (non-hydrogen) atoms. The van der Waals surface area contributed by atoms with Crippen molar-refractivity contribution in [3.8, 4) is 0 Å². The molecule has 8 heteroatoms. The maximum Gasteiger partial charge on any atom is 0.338 e. The number of hydrogen-bond acceptors (Lipinski definition) is 6. The Hall–Kier alpha value is -2.61. The van der Waals surface area contributed by atoms with Crippen molar-refractivity contribution in [2.45, 2.75) is 32.8 Å². The lowest BCUT2D eigenvalue weighted by Gasteiger charge is -2.04. The van der Waals surface area contributed by atoms with Crippen molar-refractivity contribution in [2.24, 2.45) is 0 Å². The lowest BCUT2D eigenvalue weighted by Crippen LogP contribution is -2.16. The largest absolute Gasteiger partial charge is 0.456 e. The summed E-state index contributed by atoms with van der Waals surface area (Å²) in [5, 5.41) is 5.10. The molecule has 130 valence electrons. The summed E-state index contributed by atoms with van der Waals surface area (Å²) in [5.41, 5.74) is 0.124. The van der Waals surface area contributed by atoms with Crippen LogP contribution in [0.2, 0.25) is 0 Å². The zero-order valence-corrected chi connectivity index (χ0v) is 14.4.